The summed E-state index contributed by atoms with van der Waals surface area (Å²) in [6.45, 7) is 3.73. The molecular weight excluding hydrogens is 461 g/mol. The summed E-state index contributed by atoms with van der Waals surface area (Å²) in [5, 5.41) is 3.83. The number of rotatable bonds is 8. The molecule has 32 heavy (non-hydrogen) atoms. The second kappa shape index (κ2) is 9.66. The van der Waals surface area contributed by atoms with Gasteiger partial charge < -0.3 is 9.26 Å². The molecule has 8 nitrogen and oxygen atoms in total. The summed E-state index contributed by atoms with van der Waals surface area (Å²) >= 11 is 6.10. The number of esters is 1. The van der Waals surface area contributed by atoms with Crippen LogP contribution in [-0.4, -0.2) is 31.6 Å². The Morgan fingerprint density at radius 1 is 1.22 bits per heavy atom. The van der Waals surface area contributed by atoms with Crippen LogP contribution < -0.4 is 4.31 Å². The molecule has 0 N–H and O–H groups in total. The highest BCUT2D eigenvalue weighted by Crippen LogP contribution is 2.26. The van der Waals surface area contributed by atoms with Gasteiger partial charge in [-0.3, -0.25) is 4.31 Å². The van der Waals surface area contributed by atoms with Gasteiger partial charge in [0.25, 0.3) is 15.9 Å². The molecule has 0 saturated heterocycles. The van der Waals surface area contributed by atoms with Crippen LogP contribution >= 0.6 is 11.6 Å². The molecule has 1 heterocycles. The second-order valence-corrected chi connectivity index (χ2v) is 9.75. The van der Waals surface area contributed by atoms with Crippen molar-refractivity contribution in [2.45, 2.75) is 31.8 Å². The van der Waals surface area contributed by atoms with Gasteiger partial charge in [0, 0.05) is 13.5 Å². The molecule has 0 unspecified atom stereocenters. The van der Waals surface area contributed by atoms with Crippen LogP contribution in [0.3, 0.4) is 0 Å². The Morgan fingerprint density at radius 2 is 1.91 bits per heavy atom. The van der Waals surface area contributed by atoms with Gasteiger partial charge in [0.1, 0.15) is 5.82 Å². The number of hydrogen-bond donors (Lipinski definition) is 0. The fourth-order valence-electron chi connectivity index (χ4n) is 2.77. The first-order chi connectivity index (χ1) is 15.1. The molecular formula is C21H21ClFN3O5S. The van der Waals surface area contributed by atoms with Gasteiger partial charge in [-0.05, 0) is 48.4 Å². The maximum atomic E-state index is 13.2. The number of carbonyl (C=O) groups is 1. The van der Waals surface area contributed by atoms with Gasteiger partial charge in [-0.15, -0.1) is 0 Å². The Hall–Kier alpha value is -2.98. The minimum Gasteiger partial charge on any atom is -0.452 e. The fraction of sp³-hybridized carbons (Fsp3) is 0.286. The molecule has 0 saturated carbocycles. The summed E-state index contributed by atoms with van der Waals surface area (Å²) < 4.78 is 50.3. The highest BCUT2D eigenvalue weighted by atomic mass is 35.5. The van der Waals surface area contributed by atoms with Gasteiger partial charge in [0.15, 0.2) is 12.4 Å². The zero-order valence-corrected chi connectivity index (χ0v) is 19.2. The standard InChI is InChI=1S/C21H21ClFN3O5S/c1-13(2)10-19-24-20(31-25-19)12-30-21(27)17-11-16(8-9-18(17)22)32(28,29)26(3)15-6-4-14(23)5-7-15/h4-9,11,13H,10,12H2,1-3H3. The molecule has 0 aliphatic carbocycles. The molecule has 2 aromatic carbocycles. The predicted molar refractivity (Wildman–Crippen MR) is 115 cm³/mol. The van der Waals surface area contributed by atoms with Crippen molar-refractivity contribution in [3.8, 4) is 0 Å². The van der Waals surface area contributed by atoms with Gasteiger partial charge in [-0.1, -0.05) is 30.6 Å². The molecule has 0 spiro atoms. The van der Waals surface area contributed by atoms with Gasteiger partial charge in [0.05, 0.1) is 21.2 Å². The summed E-state index contributed by atoms with van der Waals surface area (Å²) in [5.41, 5.74) is 0.112. The Balaban J connectivity index is 1.77. The number of nitrogens with zero attached hydrogens (tertiary/aromatic N) is 3. The van der Waals surface area contributed by atoms with E-state index in [1.54, 1.807) is 0 Å². The molecule has 3 aromatic rings. The molecule has 0 bridgehead atoms. The van der Waals surface area contributed by atoms with Crippen molar-refractivity contribution in [2.75, 3.05) is 11.4 Å². The molecule has 3 rings (SSSR count). The van der Waals surface area contributed by atoms with Crippen molar-refractivity contribution >= 4 is 33.3 Å². The number of aromatic nitrogens is 2. The Morgan fingerprint density at radius 3 is 2.56 bits per heavy atom. The van der Waals surface area contributed by atoms with Crippen LogP contribution in [-0.2, 0) is 27.8 Å². The lowest BCUT2D eigenvalue weighted by Gasteiger charge is -2.20. The quantitative estimate of drug-likeness (QED) is 0.443. The normalized spacial score (nSPS) is 11.6. The van der Waals surface area contributed by atoms with Crippen LogP contribution in [0.1, 0.15) is 35.9 Å². The highest BCUT2D eigenvalue weighted by molar-refractivity contribution is 7.92. The lowest BCUT2D eigenvalue weighted by atomic mass is 10.1. The molecule has 0 aliphatic rings. The minimum absolute atomic E-state index is 0.0180. The third-order valence-corrected chi connectivity index (χ3v) is 6.55. The van der Waals surface area contributed by atoms with Crippen molar-refractivity contribution in [3.05, 3.63) is 70.6 Å². The van der Waals surface area contributed by atoms with Crippen LogP contribution in [0.25, 0.3) is 0 Å². The number of sulfonamides is 1. The van der Waals surface area contributed by atoms with E-state index in [1.165, 1.54) is 31.3 Å². The molecule has 0 atom stereocenters. The average molecular weight is 482 g/mol. The average Bonchev–Trinajstić information content (AvgIpc) is 3.18. The number of halogens is 2. The lowest BCUT2D eigenvalue weighted by molar-refractivity contribution is 0.0429. The smallest absolute Gasteiger partial charge is 0.340 e. The van der Waals surface area contributed by atoms with Crippen LogP contribution in [0.4, 0.5) is 10.1 Å². The van der Waals surface area contributed by atoms with E-state index in [1.807, 2.05) is 13.8 Å². The summed E-state index contributed by atoms with van der Waals surface area (Å²) in [6, 6.07) is 8.64. The number of ether oxygens (including phenoxy) is 1. The first kappa shape index (κ1) is 23.7. The monoisotopic (exact) mass is 481 g/mol. The molecule has 11 heteroatoms. The minimum atomic E-state index is -4.05. The molecule has 0 amide bonds. The maximum Gasteiger partial charge on any atom is 0.340 e. The van der Waals surface area contributed by atoms with E-state index in [0.29, 0.717) is 18.2 Å². The molecule has 1 aromatic heterocycles. The zero-order chi connectivity index (χ0) is 23.5. The van der Waals surface area contributed by atoms with Crippen LogP contribution in [0.2, 0.25) is 5.02 Å². The van der Waals surface area contributed by atoms with Gasteiger partial charge in [-0.25, -0.2) is 17.6 Å². The SMILES string of the molecule is CC(C)Cc1noc(COC(=O)c2cc(S(=O)(=O)N(C)c3ccc(F)cc3)ccc2Cl)n1. The van der Waals surface area contributed by atoms with E-state index in [9.17, 15) is 17.6 Å². The topological polar surface area (TPSA) is 103 Å². The van der Waals surface area contributed by atoms with Crippen LogP contribution in [0.5, 0.6) is 0 Å². The van der Waals surface area contributed by atoms with Crippen LogP contribution in [0, 0.1) is 11.7 Å². The number of benzene rings is 2. The molecule has 0 fully saturated rings. The van der Waals surface area contributed by atoms with E-state index in [0.717, 1.165) is 22.5 Å². The number of hydrogen-bond acceptors (Lipinski definition) is 7. The summed E-state index contributed by atoms with van der Waals surface area (Å²) in [6.07, 6.45) is 0.616. The largest absolute Gasteiger partial charge is 0.452 e. The van der Waals surface area contributed by atoms with Crippen molar-refractivity contribution in [3.63, 3.8) is 0 Å². The Kier molecular flexibility index (Phi) is 7.15. The van der Waals surface area contributed by atoms with E-state index in [-0.39, 0.29) is 33.7 Å². The molecule has 0 radical (unpaired) electrons. The number of carbonyl (C=O) groups excluding carboxylic acids is 1. The Bertz CT molecular complexity index is 1210. The molecule has 0 aliphatic heterocycles. The third-order valence-electron chi connectivity index (χ3n) is 4.43. The van der Waals surface area contributed by atoms with Crippen molar-refractivity contribution in [1.82, 2.24) is 10.1 Å². The van der Waals surface area contributed by atoms with E-state index in [4.69, 9.17) is 20.9 Å². The van der Waals surface area contributed by atoms with Crippen molar-refractivity contribution in [2.24, 2.45) is 5.92 Å². The van der Waals surface area contributed by atoms with Crippen molar-refractivity contribution in [1.29, 1.82) is 0 Å². The summed E-state index contributed by atoms with van der Waals surface area (Å²) in [4.78, 5) is 16.5. The Labute approximate surface area is 190 Å². The summed E-state index contributed by atoms with van der Waals surface area (Å²) in [7, 11) is -2.73. The van der Waals surface area contributed by atoms with Gasteiger partial charge in [0.2, 0.25) is 0 Å². The first-order valence-corrected chi connectivity index (χ1v) is 11.4. The predicted octanol–water partition coefficient (Wildman–Crippen LogP) is 4.24. The highest BCUT2D eigenvalue weighted by Gasteiger charge is 2.24. The van der Waals surface area contributed by atoms with Gasteiger partial charge in [-0.2, -0.15) is 4.98 Å². The third kappa shape index (κ3) is 5.43. The molecule has 170 valence electrons. The van der Waals surface area contributed by atoms with E-state index >= 15 is 0 Å². The maximum absolute atomic E-state index is 13.2. The zero-order valence-electron chi connectivity index (χ0n) is 17.6. The fourth-order valence-corrected chi connectivity index (χ4v) is 4.19. The second-order valence-electron chi connectivity index (χ2n) is 7.37. The first-order valence-electron chi connectivity index (χ1n) is 9.60. The summed E-state index contributed by atoms with van der Waals surface area (Å²) in [5.74, 6) is -0.390. The number of anilines is 1. The van der Waals surface area contributed by atoms with Gasteiger partial charge >= 0.3 is 5.97 Å². The van der Waals surface area contributed by atoms with Crippen LogP contribution in [0.15, 0.2) is 51.9 Å². The van der Waals surface area contributed by atoms with E-state index in [2.05, 4.69) is 10.1 Å². The van der Waals surface area contributed by atoms with E-state index < -0.39 is 21.8 Å². The lowest BCUT2D eigenvalue weighted by Crippen LogP contribution is -2.26. The van der Waals surface area contributed by atoms with Crippen molar-refractivity contribution < 1.29 is 26.9 Å².